The van der Waals surface area contributed by atoms with Crippen molar-refractivity contribution in [2.45, 2.75) is 45.0 Å². The highest BCUT2D eigenvalue weighted by molar-refractivity contribution is 6.15. The zero-order valence-electron chi connectivity index (χ0n) is 20.6. The van der Waals surface area contributed by atoms with E-state index in [9.17, 15) is 9.90 Å². The van der Waals surface area contributed by atoms with Gasteiger partial charge in [-0.2, -0.15) is 0 Å². The summed E-state index contributed by atoms with van der Waals surface area (Å²) < 4.78 is 5.72. The number of morpholine rings is 1. The van der Waals surface area contributed by atoms with Crippen LogP contribution in [0.4, 0.5) is 11.4 Å². The molecule has 3 aromatic rings. The number of aliphatic hydroxyl groups is 1. The molecule has 4 rings (SSSR count). The topological polar surface area (TPSA) is 125 Å². The van der Waals surface area contributed by atoms with Gasteiger partial charge in [0.1, 0.15) is 0 Å². The quantitative estimate of drug-likeness (QED) is 0.285. The molecule has 2 heterocycles. The summed E-state index contributed by atoms with van der Waals surface area (Å²) in [4.78, 5) is 19.2. The van der Waals surface area contributed by atoms with E-state index >= 15 is 0 Å². The fourth-order valence-corrected chi connectivity index (χ4v) is 4.58. The van der Waals surface area contributed by atoms with Crippen LogP contribution in [0.15, 0.2) is 66.9 Å². The number of anilines is 2. The summed E-state index contributed by atoms with van der Waals surface area (Å²) in [6, 6.07) is 18.5. The Hall–Kier alpha value is -3.75. The molecular formula is C28H33N5O3. The number of aromatic nitrogens is 1. The summed E-state index contributed by atoms with van der Waals surface area (Å²) in [5, 5.41) is 21.6. The maximum Gasteiger partial charge on any atom is 0.251 e. The summed E-state index contributed by atoms with van der Waals surface area (Å²) >= 11 is 0. The first-order chi connectivity index (χ1) is 17.3. The second-order valence-corrected chi connectivity index (χ2v) is 9.26. The molecule has 8 nitrogen and oxygen atoms in total. The van der Waals surface area contributed by atoms with Crippen molar-refractivity contribution in [2.75, 3.05) is 23.8 Å². The van der Waals surface area contributed by atoms with Crippen molar-refractivity contribution in [1.82, 2.24) is 10.3 Å². The molecule has 1 fully saturated rings. The number of carbonyl (C=O) groups excluding carboxylic acids is 1. The Morgan fingerprint density at radius 3 is 2.64 bits per heavy atom. The Morgan fingerprint density at radius 1 is 1.19 bits per heavy atom. The molecule has 1 amide bonds. The van der Waals surface area contributed by atoms with Gasteiger partial charge in [-0.25, -0.2) is 0 Å². The van der Waals surface area contributed by atoms with E-state index in [-0.39, 0.29) is 23.7 Å². The molecule has 0 bridgehead atoms. The minimum Gasteiger partial charge on any atom is -0.398 e. The number of nitrogens with one attached hydrogen (secondary N) is 2. The lowest BCUT2D eigenvalue weighted by atomic mass is 9.97. The SMILES string of the molecule is CC(O)CC1COCC(C)N1c1ccc(C(=N)c2cc(C(=O)NCc3ccccn3)ccc2N)cc1. The fraction of sp³-hybridized carbons (Fsp3) is 0.321. The summed E-state index contributed by atoms with van der Waals surface area (Å²) in [5.41, 5.74) is 10.3. The van der Waals surface area contributed by atoms with E-state index in [4.69, 9.17) is 15.9 Å². The molecule has 5 N–H and O–H groups in total. The standard InChI is InChI=1S/C28H33N5O3/c1-18-16-36-17-24(13-19(2)34)33(18)23-9-6-20(7-10-23)27(30)25-14-21(8-11-26(25)29)28(35)32-15-22-5-3-4-12-31-22/h3-12,14,18-19,24,30,34H,13,15-17,29H2,1-2H3,(H,32,35). The smallest absolute Gasteiger partial charge is 0.251 e. The number of nitrogens with two attached hydrogens (primary N) is 1. The van der Waals surface area contributed by atoms with Crippen molar-refractivity contribution in [1.29, 1.82) is 5.41 Å². The molecule has 8 heteroatoms. The largest absolute Gasteiger partial charge is 0.398 e. The van der Waals surface area contributed by atoms with E-state index in [2.05, 4.69) is 22.1 Å². The van der Waals surface area contributed by atoms with Gasteiger partial charge in [-0.3, -0.25) is 15.2 Å². The van der Waals surface area contributed by atoms with E-state index < -0.39 is 6.10 Å². The molecule has 36 heavy (non-hydrogen) atoms. The van der Waals surface area contributed by atoms with E-state index in [1.165, 1.54) is 0 Å². The molecule has 0 spiro atoms. The van der Waals surface area contributed by atoms with Gasteiger partial charge in [0.15, 0.2) is 0 Å². The summed E-state index contributed by atoms with van der Waals surface area (Å²) in [7, 11) is 0. The highest BCUT2D eigenvalue weighted by Crippen LogP contribution is 2.27. The Bertz CT molecular complexity index is 1200. The minimum atomic E-state index is -0.421. The lowest BCUT2D eigenvalue weighted by molar-refractivity contribution is 0.0530. The highest BCUT2D eigenvalue weighted by Gasteiger charge is 2.29. The van der Waals surface area contributed by atoms with Crippen LogP contribution in [0, 0.1) is 5.41 Å². The van der Waals surface area contributed by atoms with Gasteiger partial charge in [0.2, 0.25) is 0 Å². The predicted molar refractivity (Wildman–Crippen MR) is 141 cm³/mol. The third-order valence-corrected chi connectivity index (χ3v) is 6.35. The zero-order valence-corrected chi connectivity index (χ0v) is 20.6. The molecule has 3 unspecified atom stereocenters. The molecule has 0 radical (unpaired) electrons. The van der Waals surface area contributed by atoms with Crippen molar-refractivity contribution in [3.8, 4) is 0 Å². The lowest BCUT2D eigenvalue weighted by Crippen LogP contribution is -2.52. The number of rotatable bonds is 8. The van der Waals surface area contributed by atoms with Crippen molar-refractivity contribution >= 4 is 23.0 Å². The van der Waals surface area contributed by atoms with E-state index in [1.807, 2.05) is 42.5 Å². The number of hydrogen-bond acceptors (Lipinski definition) is 7. The molecule has 0 aliphatic carbocycles. The molecule has 1 aromatic heterocycles. The van der Waals surface area contributed by atoms with Gasteiger partial charge in [-0.15, -0.1) is 0 Å². The maximum atomic E-state index is 12.7. The second kappa shape index (κ2) is 11.3. The Morgan fingerprint density at radius 2 is 1.94 bits per heavy atom. The van der Waals surface area contributed by atoms with Crippen LogP contribution in [-0.2, 0) is 11.3 Å². The number of amides is 1. The van der Waals surface area contributed by atoms with Crippen LogP contribution in [0.3, 0.4) is 0 Å². The van der Waals surface area contributed by atoms with Crippen molar-refractivity contribution in [3.63, 3.8) is 0 Å². The monoisotopic (exact) mass is 487 g/mol. The number of aliphatic hydroxyl groups excluding tert-OH is 1. The van der Waals surface area contributed by atoms with Gasteiger partial charge < -0.3 is 25.8 Å². The van der Waals surface area contributed by atoms with Crippen LogP contribution < -0.4 is 16.0 Å². The van der Waals surface area contributed by atoms with Crippen LogP contribution in [-0.4, -0.2) is 53.1 Å². The fourth-order valence-electron chi connectivity index (χ4n) is 4.58. The Kier molecular flexibility index (Phi) is 7.97. The molecule has 188 valence electrons. The number of hydrogen-bond donors (Lipinski definition) is 4. The zero-order chi connectivity index (χ0) is 25.7. The van der Waals surface area contributed by atoms with E-state index in [0.29, 0.717) is 48.6 Å². The Balaban J connectivity index is 1.50. The second-order valence-electron chi connectivity index (χ2n) is 9.26. The maximum absolute atomic E-state index is 12.7. The van der Waals surface area contributed by atoms with Gasteiger partial charge in [0, 0.05) is 40.3 Å². The summed E-state index contributed by atoms with van der Waals surface area (Å²) in [6.07, 6.45) is 1.88. The number of pyridine rings is 1. The van der Waals surface area contributed by atoms with Crippen molar-refractivity contribution in [2.24, 2.45) is 0 Å². The molecule has 3 atom stereocenters. The average Bonchev–Trinajstić information content (AvgIpc) is 2.88. The number of nitrogens with zero attached hydrogens (tertiary/aromatic N) is 2. The number of benzene rings is 2. The number of carbonyl (C=O) groups is 1. The first-order valence-electron chi connectivity index (χ1n) is 12.1. The van der Waals surface area contributed by atoms with Crippen LogP contribution in [0.2, 0.25) is 0 Å². The molecule has 1 aliphatic heterocycles. The first-order valence-corrected chi connectivity index (χ1v) is 12.1. The highest BCUT2D eigenvalue weighted by atomic mass is 16.5. The van der Waals surface area contributed by atoms with Gasteiger partial charge in [-0.1, -0.05) is 18.2 Å². The third-order valence-electron chi connectivity index (χ3n) is 6.35. The van der Waals surface area contributed by atoms with Gasteiger partial charge in [-0.05, 0) is 62.7 Å². The van der Waals surface area contributed by atoms with E-state index in [1.54, 1.807) is 31.3 Å². The normalized spacial score (nSPS) is 18.5. The van der Waals surface area contributed by atoms with Crippen LogP contribution in [0.5, 0.6) is 0 Å². The molecule has 1 aliphatic rings. The number of nitrogen functional groups attached to an aromatic ring is 1. The van der Waals surface area contributed by atoms with Crippen molar-refractivity contribution in [3.05, 3.63) is 89.2 Å². The lowest BCUT2D eigenvalue weighted by Gasteiger charge is -2.42. The van der Waals surface area contributed by atoms with Crippen LogP contribution in [0.25, 0.3) is 0 Å². The van der Waals surface area contributed by atoms with Crippen molar-refractivity contribution < 1.29 is 14.6 Å². The molecule has 1 saturated heterocycles. The van der Waals surface area contributed by atoms with E-state index in [0.717, 1.165) is 11.4 Å². The molecule has 2 aromatic carbocycles. The predicted octanol–water partition coefficient (Wildman–Crippen LogP) is 3.37. The average molecular weight is 488 g/mol. The van der Waals surface area contributed by atoms with Crippen LogP contribution >= 0.6 is 0 Å². The van der Waals surface area contributed by atoms with Gasteiger partial charge >= 0.3 is 0 Å². The summed E-state index contributed by atoms with van der Waals surface area (Å²) in [5.74, 6) is -0.254. The summed E-state index contributed by atoms with van der Waals surface area (Å²) in [6.45, 7) is 5.40. The molecular weight excluding hydrogens is 454 g/mol. The van der Waals surface area contributed by atoms with Gasteiger partial charge in [0.25, 0.3) is 5.91 Å². The molecule has 0 saturated carbocycles. The first kappa shape index (κ1) is 25.3. The van der Waals surface area contributed by atoms with Gasteiger partial charge in [0.05, 0.1) is 43.3 Å². The third kappa shape index (κ3) is 5.90. The van der Waals surface area contributed by atoms with Crippen LogP contribution in [0.1, 0.15) is 47.4 Å². The minimum absolute atomic E-state index is 0.0796. The Labute approximate surface area is 211 Å². The number of ether oxygens (including phenoxy) is 1.